The van der Waals surface area contributed by atoms with Crippen LogP contribution in [0.5, 0.6) is 0 Å². The van der Waals surface area contributed by atoms with Gasteiger partial charge in [0.2, 0.25) is 0 Å². The number of rotatable bonds is 5. The van der Waals surface area contributed by atoms with Gasteiger partial charge in [-0.25, -0.2) is 4.79 Å². The predicted molar refractivity (Wildman–Crippen MR) is 99.2 cm³/mol. The van der Waals surface area contributed by atoms with Gasteiger partial charge in [0.05, 0.1) is 17.7 Å². The van der Waals surface area contributed by atoms with E-state index in [1.807, 2.05) is 37.3 Å². The SMILES string of the molecule is CCOC(=O)c1ccc(C2(N)CCCN(Cc3ccccc3)C2)cc1. The number of piperidine rings is 1. The fourth-order valence-electron chi connectivity index (χ4n) is 3.54. The van der Waals surface area contributed by atoms with Gasteiger partial charge in [-0.2, -0.15) is 0 Å². The average molecular weight is 338 g/mol. The van der Waals surface area contributed by atoms with Gasteiger partial charge < -0.3 is 10.5 Å². The van der Waals surface area contributed by atoms with Gasteiger partial charge in [-0.1, -0.05) is 42.5 Å². The molecule has 3 rings (SSSR count). The third kappa shape index (κ3) is 4.27. The standard InChI is InChI=1S/C21H26N2O2/c1-2-25-20(24)18-9-11-19(12-10-18)21(22)13-6-14-23(16-21)15-17-7-4-3-5-8-17/h3-5,7-12H,2,6,13-16,22H2,1H3. The zero-order valence-electron chi connectivity index (χ0n) is 14.8. The number of nitrogens with two attached hydrogens (primary N) is 1. The molecule has 4 nitrogen and oxygen atoms in total. The van der Waals surface area contributed by atoms with Gasteiger partial charge >= 0.3 is 5.97 Å². The number of benzene rings is 2. The highest BCUT2D eigenvalue weighted by Gasteiger charge is 2.33. The Bertz CT molecular complexity index is 700. The molecule has 132 valence electrons. The molecule has 1 saturated heterocycles. The van der Waals surface area contributed by atoms with E-state index in [0.717, 1.165) is 38.0 Å². The summed E-state index contributed by atoms with van der Waals surface area (Å²) in [6.45, 7) is 5.00. The summed E-state index contributed by atoms with van der Waals surface area (Å²) in [6.07, 6.45) is 2.03. The van der Waals surface area contributed by atoms with Crippen molar-refractivity contribution in [1.82, 2.24) is 4.90 Å². The second kappa shape index (κ2) is 7.81. The van der Waals surface area contributed by atoms with Crippen LogP contribution in [0, 0.1) is 0 Å². The number of ether oxygens (including phenoxy) is 1. The molecule has 0 spiro atoms. The van der Waals surface area contributed by atoms with Gasteiger partial charge in [0, 0.05) is 13.1 Å². The van der Waals surface area contributed by atoms with Gasteiger partial charge in [0.25, 0.3) is 0 Å². The molecule has 2 aromatic rings. The quantitative estimate of drug-likeness (QED) is 0.850. The van der Waals surface area contributed by atoms with Gasteiger partial charge in [-0.3, -0.25) is 4.90 Å². The number of esters is 1. The maximum Gasteiger partial charge on any atom is 0.338 e. The van der Waals surface area contributed by atoms with Crippen LogP contribution in [-0.4, -0.2) is 30.6 Å². The van der Waals surface area contributed by atoms with E-state index in [1.165, 1.54) is 5.56 Å². The fraction of sp³-hybridized carbons (Fsp3) is 0.381. The first kappa shape index (κ1) is 17.6. The molecule has 1 heterocycles. The predicted octanol–water partition coefficient (Wildman–Crippen LogP) is 3.31. The third-order valence-corrected chi connectivity index (χ3v) is 4.82. The number of nitrogens with zero attached hydrogens (tertiary/aromatic N) is 1. The first-order valence-electron chi connectivity index (χ1n) is 8.93. The molecule has 2 aromatic carbocycles. The molecule has 0 aliphatic carbocycles. The lowest BCUT2D eigenvalue weighted by Crippen LogP contribution is -2.51. The Morgan fingerprint density at radius 3 is 2.56 bits per heavy atom. The Labute approximate surface area is 149 Å². The zero-order valence-corrected chi connectivity index (χ0v) is 14.8. The van der Waals surface area contributed by atoms with Crippen LogP contribution < -0.4 is 5.73 Å². The molecule has 0 bridgehead atoms. The van der Waals surface area contributed by atoms with Crippen LogP contribution in [0.3, 0.4) is 0 Å². The maximum atomic E-state index is 11.8. The minimum atomic E-state index is -0.375. The average Bonchev–Trinajstić information content (AvgIpc) is 2.63. The minimum absolute atomic E-state index is 0.283. The lowest BCUT2D eigenvalue weighted by Gasteiger charge is -2.40. The van der Waals surface area contributed by atoms with Gasteiger partial charge in [0.15, 0.2) is 0 Å². The first-order valence-corrected chi connectivity index (χ1v) is 8.93. The topological polar surface area (TPSA) is 55.6 Å². The number of hydrogen-bond acceptors (Lipinski definition) is 4. The van der Waals surface area contributed by atoms with Crippen molar-refractivity contribution in [2.24, 2.45) is 5.73 Å². The van der Waals surface area contributed by atoms with Crippen molar-refractivity contribution < 1.29 is 9.53 Å². The van der Waals surface area contributed by atoms with Crippen LogP contribution in [0.4, 0.5) is 0 Å². The molecule has 25 heavy (non-hydrogen) atoms. The van der Waals surface area contributed by atoms with E-state index in [9.17, 15) is 4.79 Å². The highest BCUT2D eigenvalue weighted by molar-refractivity contribution is 5.89. The molecule has 0 aromatic heterocycles. The first-order chi connectivity index (χ1) is 12.1. The van der Waals surface area contributed by atoms with Crippen LogP contribution in [-0.2, 0) is 16.8 Å². The molecule has 0 amide bonds. The Kier molecular flexibility index (Phi) is 5.51. The summed E-state index contributed by atoms with van der Waals surface area (Å²) in [6, 6.07) is 18.1. The number of hydrogen-bond donors (Lipinski definition) is 1. The van der Waals surface area contributed by atoms with Gasteiger partial charge in [0.1, 0.15) is 0 Å². The number of carbonyl (C=O) groups is 1. The van der Waals surface area contributed by atoms with E-state index in [1.54, 1.807) is 0 Å². The highest BCUT2D eigenvalue weighted by atomic mass is 16.5. The molecule has 1 atom stereocenters. The van der Waals surface area contributed by atoms with Crippen molar-refractivity contribution in [1.29, 1.82) is 0 Å². The molecule has 1 aliphatic rings. The Hall–Kier alpha value is -2.17. The Balaban J connectivity index is 1.71. The van der Waals surface area contributed by atoms with E-state index in [0.29, 0.717) is 12.2 Å². The van der Waals surface area contributed by atoms with Crippen molar-refractivity contribution in [2.75, 3.05) is 19.7 Å². The van der Waals surface area contributed by atoms with E-state index in [-0.39, 0.29) is 11.5 Å². The summed E-state index contributed by atoms with van der Waals surface area (Å²) >= 11 is 0. The van der Waals surface area contributed by atoms with Crippen LogP contribution in [0.2, 0.25) is 0 Å². The van der Waals surface area contributed by atoms with Crippen molar-refractivity contribution in [3.05, 3.63) is 71.3 Å². The summed E-state index contributed by atoms with van der Waals surface area (Å²) in [7, 11) is 0. The molecule has 1 fully saturated rings. The van der Waals surface area contributed by atoms with E-state index < -0.39 is 0 Å². The summed E-state index contributed by atoms with van der Waals surface area (Å²) in [5, 5.41) is 0. The van der Waals surface area contributed by atoms with Crippen molar-refractivity contribution in [2.45, 2.75) is 31.8 Å². The molecule has 0 saturated carbocycles. The number of carbonyl (C=O) groups excluding carboxylic acids is 1. The van der Waals surface area contributed by atoms with Crippen LogP contribution in [0.15, 0.2) is 54.6 Å². The largest absolute Gasteiger partial charge is 0.462 e. The van der Waals surface area contributed by atoms with Gasteiger partial charge in [-0.05, 0) is 49.6 Å². The van der Waals surface area contributed by atoms with E-state index in [4.69, 9.17) is 10.5 Å². The Morgan fingerprint density at radius 2 is 1.88 bits per heavy atom. The van der Waals surface area contributed by atoms with E-state index in [2.05, 4.69) is 29.2 Å². The zero-order chi connectivity index (χ0) is 17.7. The monoisotopic (exact) mass is 338 g/mol. The summed E-state index contributed by atoms with van der Waals surface area (Å²) < 4.78 is 5.04. The molecule has 4 heteroatoms. The summed E-state index contributed by atoms with van der Waals surface area (Å²) in [5.41, 5.74) is 9.34. The molecule has 0 radical (unpaired) electrons. The maximum absolute atomic E-state index is 11.8. The van der Waals surface area contributed by atoms with E-state index >= 15 is 0 Å². The second-order valence-electron chi connectivity index (χ2n) is 6.75. The van der Waals surface area contributed by atoms with Crippen LogP contribution >= 0.6 is 0 Å². The number of likely N-dealkylation sites (tertiary alicyclic amines) is 1. The summed E-state index contributed by atoms with van der Waals surface area (Å²) in [4.78, 5) is 14.2. The normalized spacial score (nSPS) is 21.0. The van der Waals surface area contributed by atoms with Crippen molar-refractivity contribution in [3.8, 4) is 0 Å². The second-order valence-corrected chi connectivity index (χ2v) is 6.75. The highest BCUT2D eigenvalue weighted by Crippen LogP contribution is 2.30. The lowest BCUT2D eigenvalue weighted by molar-refractivity contribution is 0.0526. The Morgan fingerprint density at radius 1 is 1.16 bits per heavy atom. The fourth-order valence-corrected chi connectivity index (χ4v) is 3.54. The smallest absolute Gasteiger partial charge is 0.338 e. The molecule has 1 unspecified atom stereocenters. The molecular weight excluding hydrogens is 312 g/mol. The van der Waals surface area contributed by atoms with Crippen LogP contribution in [0.25, 0.3) is 0 Å². The van der Waals surface area contributed by atoms with Gasteiger partial charge in [-0.15, -0.1) is 0 Å². The minimum Gasteiger partial charge on any atom is -0.462 e. The molecule has 2 N–H and O–H groups in total. The third-order valence-electron chi connectivity index (χ3n) is 4.82. The van der Waals surface area contributed by atoms with Crippen LogP contribution in [0.1, 0.15) is 41.3 Å². The lowest BCUT2D eigenvalue weighted by atomic mass is 9.83. The van der Waals surface area contributed by atoms with Crippen molar-refractivity contribution in [3.63, 3.8) is 0 Å². The summed E-state index contributed by atoms with van der Waals surface area (Å²) in [5.74, 6) is -0.283. The molecular formula is C21H26N2O2. The van der Waals surface area contributed by atoms with Crippen molar-refractivity contribution >= 4 is 5.97 Å². The molecule has 1 aliphatic heterocycles.